The molecule has 1 aromatic carbocycles. The molecule has 8 heteroatoms. The minimum absolute atomic E-state index is 0.0674. The summed E-state index contributed by atoms with van der Waals surface area (Å²) in [6.07, 6.45) is 4.79. The van der Waals surface area contributed by atoms with Crippen molar-refractivity contribution in [3.8, 4) is 11.5 Å². The number of alkyl halides is 3. The van der Waals surface area contributed by atoms with Gasteiger partial charge in [-0.2, -0.15) is 0 Å². The molecule has 5 nitrogen and oxygen atoms in total. The minimum Gasteiger partial charge on any atom is -0.497 e. The number of nitrogens with zero attached hydrogens (tertiary/aromatic N) is 3. The van der Waals surface area contributed by atoms with Crippen LogP contribution in [0.15, 0.2) is 24.5 Å². The van der Waals surface area contributed by atoms with Crippen LogP contribution >= 0.6 is 34.8 Å². The lowest BCUT2D eigenvalue weighted by molar-refractivity contribution is 0.336. The first-order valence-electron chi connectivity index (χ1n) is 6.68. The highest BCUT2D eigenvalue weighted by Gasteiger charge is 2.26. The van der Waals surface area contributed by atoms with E-state index in [1.54, 1.807) is 13.2 Å². The quantitative estimate of drug-likeness (QED) is 0.731. The van der Waals surface area contributed by atoms with Crippen molar-refractivity contribution in [3.63, 3.8) is 0 Å². The maximum Gasteiger partial charge on any atom is 0.250 e. The van der Waals surface area contributed by atoms with Gasteiger partial charge in [-0.3, -0.25) is 0 Å². The predicted molar refractivity (Wildman–Crippen MR) is 92.2 cm³/mol. The molecule has 0 N–H and O–H groups in total. The van der Waals surface area contributed by atoms with E-state index in [9.17, 15) is 0 Å². The molecule has 0 aliphatic heterocycles. The van der Waals surface area contributed by atoms with Crippen molar-refractivity contribution in [2.75, 3.05) is 13.7 Å². The summed E-state index contributed by atoms with van der Waals surface area (Å²) in [5, 5.41) is 0. The third kappa shape index (κ3) is 5.23. The van der Waals surface area contributed by atoms with E-state index in [1.807, 2.05) is 31.2 Å². The van der Waals surface area contributed by atoms with Crippen LogP contribution in [0.25, 0.3) is 12.2 Å². The molecule has 0 fully saturated rings. The van der Waals surface area contributed by atoms with Gasteiger partial charge in [0.1, 0.15) is 17.8 Å². The molecule has 0 saturated heterocycles. The van der Waals surface area contributed by atoms with Gasteiger partial charge >= 0.3 is 0 Å². The van der Waals surface area contributed by atoms with Crippen molar-refractivity contribution in [1.82, 2.24) is 15.0 Å². The van der Waals surface area contributed by atoms with Crippen LogP contribution < -0.4 is 9.47 Å². The van der Waals surface area contributed by atoms with E-state index >= 15 is 0 Å². The maximum atomic E-state index is 5.76. The van der Waals surface area contributed by atoms with Crippen LogP contribution in [-0.4, -0.2) is 28.7 Å². The fraction of sp³-hybridized carbons (Fsp3) is 0.267. The lowest BCUT2D eigenvalue weighted by Gasteiger charge is -2.08. The average Bonchev–Trinajstić information content (AvgIpc) is 2.52. The summed E-state index contributed by atoms with van der Waals surface area (Å²) < 4.78 is 9.06. The zero-order valence-corrected chi connectivity index (χ0v) is 14.7. The summed E-state index contributed by atoms with van der Waals surface area (Å²) >= 11 is 17.3. The normalized spacial score (nSPS) is 11.7. The monoisotopic (exact) mass is 373 g/mol. The molecular weight excluding hydrogens is 361 g/mol. The second kappa shape index (κ2) is 7.81. The summed E-state index contributed by atoms with van der Waals surface area (Å²) in [6, 6.07) is 5.54. The Morgan fingerprint density at radius 2 is 1.83 bits per heavy atom. The van der Waals surface area contributed by atoms with Crippen molar-refractivity contribution < 1.29 is 9.47 Å². The molecule has 2 rings (SSSR count). The Balaban J connectivity index is 2.27. The summed E-state index contributed by atoms with van der Waals surface area (Å²) in [6.45, 7) is 2.48. The van der Waals surface area contributed by atoms with Crippen molar-refractivity contribution in [2.45, 2.75) is 10.7 Å². The number of benzene rings is 1. The Morgan fingerprint density at radius 3 is 2.48 bits per heavy atom. The Hall–Kier alpha value is -1.56. The van der Waals surface area contributed by atoms with E-state index < -0.39 is 3.79 Å². The fourth-order valence-corrected chi connectivity index (χ4v) is 2.03. The Kier molecular flexibility index (Phi) is 6.04. The molecule has 0 saturated carbocycles. The van der Waals surface area contributed by atoms with Crippen LogP contribution in [-0.2, 0) is 3.79 Å². The smallest absolute Gasteiger partial charge is 0.250 e. The molecule has 1 heterocycles. The number of aromatic nitrogens is 3. The van der Waals surface area contributed by atoms with E-state index in [0.29, 0.717) is 23.9 Å². The summed E-state index contributed by atoms with van der Waals surface area (Å²) in [4.78, 5) is 12.0. The van der Waals surface area contributed by atoms with Crippen LogP contribution in [0.5, 0.6) is 11.5 Å². The summed E-state index contributed by atoms with van der Waals surface area (Å²) in [5.41, 5.74) is 0.864. The van der Waals surface area contributed by atoms with Crippen molar-refractivity contribution in [3.05, 3.63) is 41.7 Å². The van der Waals surface area contributed by atoms with E-state index in [4.69, 9.17) is 44.3 Å². The number of halogens is 3. The molecule has 0 radical (unpaired) electrons. The zero-order valence-electron chi connectivity index (χ0n) is 12.5. The highest BCUT2D eigenvalue weighted by molar-refractivity contribution is 6.66. The molecule has 0 aliphatic carbocycles. The van der Waals surface area contributed by atoms with E-state index in [2.05, 4.69) is 15.0 Å². The second-order valence-corrected chi connectivity index (χ2v) is 6.65. The molecule has 0 bridgehead atoms. The maximum absolute atomic E-state index is 5.76. The second-order valence-electron chi connectivity index (χ2n) is 4.37. The lowest BCUT2D eigenvalue weighted by Crippen LogP contribution is -2.08. The molecule has 0 unspecified atom stereocenters. The van der Waals surface area contributed by atoms with Gasteiger partial charge < -0.3 is 9.47 Å². The van der Waals surface area contributed by atoms with Gasteiger partial charge in [0.15, 0.2) is 11.6 Å². The van der Waals surface area contributed by atoms with E-state index in [-0.39, 0.29) is 5.82 Å². The number of rotatable bonds is 5. The number of methoxy groups -OCH3 is 1. The number of ether oxygens (including phenoxy) is 2. The van der Waals surface area contributed by atoms with Crippen LogP contribution in [0.1, 0.15) is 24.1 Å². The van der Waals surface area contributed by atoms with Gasteiger partial charge in [0.25, 0.3) is 0 Å². The van der Waals surface area contributed by atoms with E-state index in [1.165, 1.54) is 6.33 Å². The van der Waals surface area contributed by atoms with Crippen molar-refractivity contribution in [2.24, 2.45) is 0 Å². The molecule has 122 valence electrons. The van der Waals surface area contributed by atoms with Gasteiger partial charge in [0, 0.05) is 6.07 Å². The molecule has 0 aliphatic rings. The van der Waals surface area contributed by atoms with Crippen molar-refractivity contribution >= 4 is 47.0 Å². The van der Waals surface area contributed by atoms with Gasteiger partial charge in [-0.25, -0.2) is 15.0 Å². The van der Waals surface area contributed by atoms with Gasteiger partial charge in [0.2, 0.25) is 3.79 Å². The predicted octanol–water partition coefficient (Wildman–Crippen LogP) is 4.28. The molecule has 1 aromatic heterocycles. The first-order valence-corrected chi connectivity index (χ1v) is 7.82. The molecular formula is C15H14Cl3N3O2. The standard InChI is InChI=1S/C15H14Cl3N3O2/c1-3-23-12-7-10(6-11(8-12)22-2)4-5-13-19-9-20-14(21-13)15(16,17)18/h4-9H,3H2,1-2H3. The molecule has 23 heavy (non-hydrogen) atoms. The van der Waals surface area contributed by atoms with Crippen LogP contribution in [0.2, 0.25) is 0 Å². The van der Waals surface area contributed by atoms with Crippen LogP contribution in [0.3, 0.4) is 0 Å². The fourth-order valence-electron chi connectivity index (χ4n) is 1.75. The zero-order chi connectivity index (χ0) is 16.9. The minimum atomic E-state index is -1.69. The number of hydrogen-bond donors (Lipinski definition) is 0. The van der Waals surface area contributed by atoms with Gasteiger partial charge in [0.05, 0.1) is 13.7 Å². The topological polar surface area (TPSA) is 57.1 Å². The van der Waals surface area contributed by atoms with Gasteiger partial charge in [-0.15, -0.1) is 0 Å². The number of hydrogen-bond acceptors (Lipinski definition) is 5. The third-order valence-electron chi connectivity index (χ3n) is 2.72. The first-order chi connectivity index (χ1) is 10.9. The summed E-state index contributed by atoms with van der Waals surface area (Å²) in [7, 11) is 1.60. The average molecular weight is 375 g/mol. The van der Waals surface area contributed by atoms with Gasteiger partial charge in [-0.1, -0.05) is 40.9 Å². The molecule has 0 atom stereocenters. The highest BCUT2D eigenvalue weighted by atomic mass is 35.6. The van der Waals surface area contributed by atoms with Crippen LogP contribution in [0, 0.1) is 0 Å². The van der Waals surface area contributed by atoms with Gasteiger partial charge in [-0.05, 0) is 30.7 Å². The largest absolute Gasteiger partial charge is 0.497 e. The van der Waals surface area contributed by atoms with Crippen LogP contribution in [0.4, 0.5) is 0 Å². The Bertz CT molecular complexity index is 703. The molecule has 2 aromatic rings. The van der Waals surface area contributed by atoms with E-state index in [0.717, 1.165) is 5.56 Å². The van der Waals surface area contributed by atoms with Crippen molar-refractivity contribution in [1.29, 1.82) is 0 Å². The first kappa shape index (κ1) is 17.8. The molecule has 0 spiro atoms. The summed E-state index contributed by atoms with van der Waals surface area (Å²) in [5.74, 6) is 1.84. The highest BCUT2D eigenvalue weighted by Crippen LogP contribution is 2.35. The third-order valence-corrected chi connectivity index (χ3v) is 3.23. The Morgan fingerprint density at radius 1 is 1.09 bits per heavy atom. The SMILES string of the molecule is CCOc1cc(C=Cc2ncnc(C(Cl)(Cl)Cl)n2)cc(OC)c1. The molecule has 0 amide bonds. The lowest BCUT2D eigenvalue weighted by atomic mass is 10.2. The Labute approximate surface area is 149 Å².